The van der Waals surface area contributed by atoms with Gasteiger partial charge in [-0.05, 0) is 61.9 Å². The van der Waals surface area contributed by atoms with E-state index in [1.807, 2.05) is 42.0 Å². The first-order valence-electron chi connectivity index (χ1n) is 9.54. The second-order valence-corrected chi connectivity index (χ2v) is 6.83. The summed E-state index contributed by atoms with van der Waals surface area (Å²) in [5.74, 6) is 1.57. The van der Waals surface area contributed by atoms with Crippen molar-refractivity contribution in [3.05, 3.63) is 66.4 Å². The molecule has 1 aromatic heterocycles. The minimum atomic E-state index is -0.250. The van der Waals surface area contributed by atoms with Gasteiger partial charge in [-0.3, -0.25) is 4.79 Å². The molecule has 6 heteroatoms. The SMILES string of the molecule is CCOc1ccc(NC(=O)C[n+]2cc(-c3ccc(F)cc3)n3c2CCC3)cc1. The molecule has 2 aromatic carbocycles. The van der Waals surface area contributed by atoms with Crippen LogP contribution < -0.4 is 14.6 Å². The highest BCUT2D eigenvalue weighted by molar-refractivity contribution is 5.89. The molecule has 0 saturated carbocycles. The number of amides is 1. The fraction of sp³-hybridized carbons (Fsp3) is 0.273. The van der Waals surface area contributed by atoms with Crippen LogP contribution in [-0.2, 0) is 24.3 Å². The first-order valence-corrected chi connectivity index (χ1v) is 9.54. The molecule has 1 aliphatic heterocycles. The summed E-state index contributed by atoms with van der Waals surface area (Å²) in [7, 11) is 0. The Bertz CT molecular complexity index is 978. The van der Waals surface area contributed by atoms with E-state index in [0.717, 1.165) is 47.9 Å². The number of halogens is 1. The van der Waals surface area contributed by atoms with Gasteiger partial charge in [0.15, 0.2) is 12.2 Å². The molecule has 0 saturated heterocycles. The third-order valence-electron chi connectivity index (χ3n) is 4.90. The monoisotopic (exact) mass is 380 g/mol. The van der Waals surface area contributed by atoms with Gasteiger partial charge < -0.3 is 10.1 Å². The molecule has 4 rings (SSSR count). The van der Waals surface area contributed by atoms with Crippen LogP contribution in [0.4, 0.5) is 10.1 Å². The van der Waals surface area contributed by atoms with Crippen LogP contribution in [0.25, 0.3) is 11.3 Å². The number of carbonyl (C=O) groups excluding carboxylic acids is 1. The predicted molar refractivity (Wildman–Crippen MR) is 105 cm³/mol. The zero-order valence-electron chi connectivity index (χ0n) is 15.8. The summed E-state index contributed by atoms with van der Waals surface area (Å²) in [5.41, 5.74) is 2.71. The van der Waals surface area contributed by atoms with Crippen LogP contribution in [0.15, 0.2) is 54.7 Å². The molecule has 0 unspecified atom stereocenters. The fourth-order valence-electron chi connectivity index (χ4n) is 3.65. The second kappa shape index (κ2) is 7.84. The number of nitrogens with zero attached hydrogens (tertiary/aromatic N) is 2. The molecule has 28 heavy (non-hydrogen) atoms. The van der Waals surface area contributed by atoms with Gasteiger partial charge in [-0.25, -0.2) is 13.5 Å². The van der Waals surface area contributed by atoms with Crippen LogP contribution in [0.5, 0.6) is 5.75 Å². The third kappa shape index (κ3) is 3.76. The number of imidazole rings is 1. The van der Waals surface area contributed by atoms with Crippen LogP contribution in [0.1, 0.15) is 19.2 Å². The number of ether oxygens (including phenoxy) is 1. The number of carbonyl (C=O) groups is 1. The van der Waals surface area contributed by atoms with Gasteiger partial charge in [0.25, 0.3) is 11.7 Å². The summed E-state index contributed by atoms with van der Waals surface area (Å²) in [6.45, 7) is 3.70. The molecule has 1 N–H and O–H groups in total. The average Bonchev–Trinajstić information content (AvgIpc) is 3.28. The van der Waals surface area contributed by atoms with Crippen molar-refractivity contribution in [2.75, 3.05) is 11.9 Å². The highest BCUT2D eigenvalue weighted by atomic mass is 19.1. The number of fused-ring (bicyclic) bond motifs is 1. The Balaban J connectivity index is 1.51. The highest BCUT2D eigenvalue weighted by Crippen LogP contribution is 2.25. The molecule has 1 aliphatic rings. The average molecular weight is 380 g/mol. The first-order chi connectivity index (χ1) is 13.6. The largest absolute Gasteiger partial charge is 0.494 e. The maximum atomic E-state index is 13.3. The molecular weight excluding hydrogens is 357 g/mol. The molecule has 5 nitrogen and oxygen atoms in total. The molecule has 2 heterocycles. The number of aromatic nitrogens is 2. The van der Waals surface area contributed by atoms with Gasteiger partial charge in [0, 0.05) is 11.3 Å². The number of nitrogens with one attached hydrogen (secondary N) is 1. The molecule has 0 radical (unpaired) electrons. The summed E-state index contributed by atoms with van der Waals surface area (Å²) in [6, 6.07) is 13.8. The van der Waals surface area contributed by atoms with Gasteiger partial charge in [-0.1, -0.05) is 0 Å². The van der Waals surface area contributed by atoms with Crippen molar-refractivity contribution in [1.29, 1.82) is 0 Å². The van der Waals surface area contributed by atoms with E-state index >= 15 is 0 Å². The fourth-order valence-corrected chi connectivity index (χ4v) is 3.65. The zero-order chi connectivity index (χ0) is 19.5. The molecule has 3 aromatic rings. The Kier molecular flexibility index (Phi) is 5.10. The molecule has 0 spiro atoms. The Morgan fingerprint density at radius 1 is 1.18 bits per heavy atom. The van der Waals surface area contributed by atoms with Crippen molar-refractivity contribution in [1.82, 2.24) is 4.57 Å². The standard InChI is InChI=1S/C22H22FN3O2/c1-2-28-19-11-9-18(10-12-19)24-21(27)15-25-14-20(26-13-3-4-22(25)26)16-5-7-17(23)8-6-16/h5-12,14H,2-4,13,15H2,1H3/p+1. The van der Waals surface area contributed by atoms with Gasteiger partial charge in [0.1, 0.15) is 17.8 Å². The second-order valence-electron chi connectivity index (χ2n) is 6.83. The van der Waals surface area contributed by atoms with Crippen LogP contribution >= 0.6 is 0 Å². The smallest absolute Gasteiger partial charge is 0.266 e. The molecule has 144 valence electrons. The van der Waals surface area contributed by atoms with Crippen molar-refractivity contribution < 1.29 is 18.5 Å². The quantitative estimate of drug-likeness (QED) is 0.665. The maximum absolute atomic E-state index is 13.3. The van der Waals surface area contributed by atoms with Crippen molar-refractivity contribution >= 4 is 11.6 Å². The lowest BCUT2D eigenvalue weighted by Crippen LogP contribution is -2.42. The number of hydrogen-bond donors (Lipinski definition) is 1. The van der Waals surface area contributed by atoms with Gasteiger partial charge >= 0.3 is 0 Å². The van der Waals surface area contributed by atoms with Gasteiger partial charge in [0.2, 0.25) is 0 Å². The van der Waals surface area contributed by atoms with E-state index in [1.165, 1.54) is 12.1 Å². The Hall–Kier alpha value is -3.15. The number of hydrogen-bond acceptors (Lipinski definition) is 2. The Labute approximate surface area is 163 Å². The van der Waals surface area contributed by atoms with Crippen molar-refractivity contribution in [2.45, 2.75) is 32.9 Å². The lowest BCUT2D eigenvalue weighted by atomic mass is 10.1. The normalized spacial score (nSPS) is 12.6. The van der Waals surface area contributed by atoms with Crippen LogP contribution in [0.3, 0.4) is 0 Å². The number of rotatable bonds is 6. The van der Waals surface area contributed by atoms with Gasteiger partial charge in [0.05, 0.1) is 19.6 Å². The molecule has 1 amide bonds. The summed E-state index contributed by atoms with van der Waals surface area (Å²) in [6.07, 6.45) is 3.96. The highest BCUT2D eigenvalue weighted by Gasteiger charge is 2.29. The summed E-state index contributed by atoms with van der Waals surface area (Å²) in [4.78, 5) is 12.6. The minimum Gasteiger partial charge on any atom is -0.494 e. The van der Waals surface area contributed by atoms with E-state index in [-0.39, 0.29) is 18.3 Å². The Morgan fingerprint density at radius 2 is 1.93 bits per heavy atom. The van der Waals surface area contributed by atoms with E-state index in [0.29, 0.717) is 6.61 Å². The summed E-state index contributed by atoms with van der Waals surface area (Å²) < 4.78 is 22.9. The lowest BCUT2D eigenvalue weighted by molar-refractivity contribution is -0.690. The maximum Gasteiger partial charge on any atom is 0.266 e. The minimum absolute atomic E-state index is 0.0832. The van der Waals surface area contributed by atoms with Crippen molar-refractivity contribution in [2.24, 2.45) is 0 Å². The zero-order valence-corrected chi connectivity index (χ0v) is 15.8. The lowest BCUT2D eigenvalue weighted by Gasteiger charge is -2.06. The number of anilines is 1. The van der Waals surface area contributed by atoms with E-state index < -0.39 is 0 Å². The molecule has 0 aliphatic carbocycles. The van der Waals surface area contributed by atoms with Crippen LogP contribution in [0, 0.1) is 5.82 Å². The van der Waals surface area contributed by atoms with E-state index in [2.05, 4.69) is 9.88 Å². The number of benzene rings is 2. The van der Waals surface area contributed by atoms with Crippen molar-refractivity contribution in [3.63, 3.8) is 0 Å². The van der Waals surface area contributed by atoms with Gasteiger partial charge in [-0.15, -0.1) is 0 Å². The van der Waals surface area contributed by atoms with Crippen LogP contribution in [0.2, 0.25) is 0 Å². The first kappa shape index (κ1) is 18.2. The molecular formula is C22H23FN3O2+. The summed E-state index contributed by atoms with van der Waals surface area (Å²) >= 11 is 0. The van der Waals surface area contributed by atoms with E-state index in [1.54, 1.807) is 12.1 Å². The molecule has 0 atom stereocenters. The van der Waals surface area contributed by atoms with E-state index in [4.69, 9.17) is 4.74 Å². The Morgan fingerprint density at radius 3 is 2.64 bits per heavy atom. The van der Waals surface area contributed by atoms with Crippen LogP contribution in [-0.4, -0.2) is 17.1 Å². The molecule has 0 fully saturated rings. The topological polar surface area (TPSA) is 47.1 Å². The van der Waals surface area contributed by atoms with E-state index in [9.17, 15) is 9.18 Å². The van der Waals surface area contributed by atoms with Crippen molar-refractivity contribution in [3.8, 4) is 17.0 Å². The summed E-state index contributed by atoms with van der Waals surface area (Å²) in [5, 5.41) is 2.93. The van der Waals surface area contributed by atoms with Gasteiger partial charge in [-0.2, -0.15) is 0 Å². The molecule has 0 bridgehead atoms. The predicted octanol–water partition coefficient (Wildman–Crippen LogP) is 3.57. The third-order valence-corrected chi connectivity index (χ3v) is 4.90.